The largest absolute Gasteiger partial charge is 0.310 e. The molecule has 1 aromatic carbocycles. The van der Waals surface area contributed by atoms with E-state index in [2.05, 4.69) is 15.9 Å². The average molecular weight is 424 g/mol. The van der Waals surface area contributed by atoms with Crippen molar-refractivity contribution in [3.05, 3.63) is 65.5 Å². The molecule has 2 rings (SSSR count). The molecule has 0 fully saturated rings. The van der Waals surface area contributed by atoms with E-state index in [1.165, 1.54) is 0 Å². The number of aromatic nitrogens is 1. The first-order valence-electron chi connectivity index (χ1n) is 4.87. The minimum absolute atomic E-state index is 0.00656. The highest BCUT2D eigenvalue weighted by atomic mass is 127. The van der Waals surface area contributed by atoms with Gasteiger partial charge in [0.05, 0.1) is 10.1 Å². The van der Waals surface area contributed by atoms with Gasteiger partial charge in [0.15, 0.2) is 0 Å². The van der Waals surface area contributed by atoms with E-state index in [4.69, 9.17) is 11.6 Å². The first kappa shape index (κ1) is 13.1. The molecule has 0 radical (unpaired) electrons. The van der Waals surface area contributed by atoms with Gasteiger partial charge in [0.25, 0.3) is 5.56 Å². The van der Waals surface area contributed by atoms with Crippen molar-refractivity contribution < 1.29 is 0 Å². The maximum absolute atomic E-state index is 11.9. The summed E-state index contributed by atoms with van der Waals surface area (Å²) in [6.07, 6.45) is 1.77. The molecule has 0 spiro atoms. The fraction of sp³-hybridized carbons (Fsp3) is 0.0833. The molecule has 1 aromatic heterocycles. The second-order valence-corrected chi connectivity index (χ2v) is 6.01. The highest BCUT2D eigenvalue weighted by molar-refractivity contribution is 14.1. The molecule has 0 atom stereocenters. The highest BCUT2D eigenvalue weighted by Gasteiger charge is 2.04. The topological polar surface area (TPSA) is 22.0 Å². The normalized spacial score (nSPS) is 10.5. The van der Waals surface area contributed by atoms with Crippen molar-refractivity contribution in [1.29, 1.82) is 0 Å². The zero-order chi connectivity index (χ0) is 12.4. The van der Waals surface area contributed by atoms with Crippen molar-refractivity contribution in [3.8, 4) is 0 Å². The summed E-state index contributed by atoms with van der Waals surface area (Å²) in [4.78, 5) is 11.9. The zero-order valence-corrected chi connectivity index (χ0v) is 13.2. The van der Waals surface area contributed by atoms with Crippen LogP contribution in [-0.4, -0.2) is 4.57 Å². The number of hydrogen-bond donors (Lipinski definition) is 0. The van der Waals surface area contributed by atoms with Crippen molar-refractivity contribution in [1.82, 2.24) is 4.57 Å². The lowest BCUT2D eigenvalue weighted by Gasteiger charge is -2.08. The molecule has 0 saturated carbocycles. The third kappa shape index (κ3) is 3.11. The molecule has 0 N–H and O–H groups in total. The molecule has 1 heterocycles. The van der Waals surface area contributed by atoms with Crippen LogP contribution < -0.4 is 5.56 Å². The number of pyridine rings is 1. The Hall–Kier alpha value is -0.330. The van der Waals surface area contributed by atoms with Gasteiger partial charge in [0.1, 0.15) is 0 Å². The van der Waals surface area contributed by atoms with Crippen molar-refractivity contribution in [2.24, 2.45) is 0 Å². The standard InChI is InChI=1S/C12H8BrClINO/c13-9-4-3-8(10(14)6-9)7-16-5-1-2-11(15)12(16)17/h1-6H,7H2. The lowest BCUT2D eigenvalue weighted by atomic mass is 10.2. The van der Waals surface area contributed by atoms with E-state index in [9.17, 15) is 4.79 Å². The predicted octanol–water partition coefficient (Wildman–Crippen LogP) is 3.92. The van der Waals surface area contributed by atoms with E-state index in [1.54, 1.807) is 16.8 Å². The second-order valence-electron chi connectivity index (χ2n) is 3.52. The molecule has 0 unspecified atom stereocenters. The molecule has 0 bridgehead atoms. The number of benzene rings is 1. The van der Waals surface area contributed by atoms with Gasteiger partial charge in [-0.05, 0) is 52.4 Å². The van der Waals surface area contributed by atoms with Gasteiger partial charge in [-0.25, -0.2) is 0 Å². The smallest absolute Gasteiger partial charge is 0.264 e. The second kappa shape index (κ2) is 5.54. The number of rotatable bonds is 2. The molecule has 88 valence electrons. The maximum Gasteiger partial charge on any atom is 0.264 e. The molecular weight excluding hydrogens is 416 g/mol. The molecule has 5 heteroatoms. The Bertz CT molecular complexity index is 612. The quantitative estimate of drug-likeness (QED) is 0.670. The fourth-order valence-electron chi connectivity index (χ4n) is 1.47. The maximum atomic E-state index is 11.9. The van der Waals surface area contributed by atoms with Gasteiger partial charge >= 0.3 is 0 Å². The Labute approximate surface area is 126 Å². The SMILES string of the molecule is O=c1c(I)cccn1Cc1ccc(Br)cc1Cl. The minimum Gasteiger partial charge on any atom is -0.310 e. The van der Waals surface area contributed by atoms with E-state index in [0.29, 0.717) is 15.1 Å². The number of halogens is 3. The van der Waals surface area contributed by atoms with Crippen LogP contribution in [0.2, 0.25) is 5.02 Å². The van der Waals surface area contributed by atoms with Crippen LogP contribution in [-0.2, 0) is 6.54 Å². The van der Waals surface area contributed by atoms with Crippen LogP contribution in [0.3, 0.4) is 0 Å². The molecule has 17 heavy (non-hydrogen) atoms. The summed E-state index contributed by atoms with van der Waals surface area (Å²) in [5, 5.41) is 0.658. The lowest BCUT2D eigenvalue weighted by Crippen LogP contribution is -2.21. The van der Waals surface area contributed by atoms with Crippen LogP contribution in [0, 0.1) is 3.57 Å². The van der Waals surface area contributed by atoms with Crippen molar-refractivity contribution in [2.45, 2.75) is 6.54 Å². The Morgan fingerprint density at radius 2 is 2.12 bits per heavy atom. The van der Waals surface area contributed by atoms with Gasteiger partial charge in [-0.2, -0.15) is 0 Å². The van der Waals surface area contributed by atoms with Gasteiger partial charge in [-0.1, -0.05) is 33.6 Å². The van der Waals surface area contributed by atoms with Crippen molar-refractivity contribution >= 4 is 50.1 Å². The summed E-state index contributed by atoms with van der Waals surface area (Å²) in [7, 11) is 0. The minimum atomic E-state index is 0.00656. The van der Waals surface area contributed by atoms with Crippen LogP contribution in [0.5, 0.6) is 0 Å². The van der Waals surface area contributed by atoms with Crippen molar-refractivity contribution in [2.75, 3.05) is 0 Å². The molecule has 0 aliphatic carbocycles. The molecule has 2 aromatic rings. The van der Waals surface area contributed by atoms with Gasteiger partial charge in [-0.3, -0.25) is 4.79 Å². The van der Waals surface area contributed by atoms with Crippen LogP contribution in [0.1, 0.15) is 5.56 Å². The van der Waals surface area contributed by atoms with Crippen LogP contribution in [0.25, 0.3) is 0 Å². The van der Waals surface area contributed by atoms with Crippen molar-refractivity contribution in [3.63, 3.8) is 0 Å². The van der Waals surface area contributed by atoms with E-state index >= 15 is 0 Å². The summed E-state index contributed by atoms with van der Waals surface area (Å²) in [5.74, 6) is 0. The molecule has 0 saturated heterocycles. The number of hydrogen-bond acceptors (Lipinski definition) is 1. The summed E-state index contributed by atoms with van der Waals surface area (Å²) in [6, 6.07) is 9.31. The summed E-state index contributed by atoms with van der Waals surface area (Å²) >= 11 is 11.5. The fourth-order valence-corrected chi connectivity index (χ4v) is 2.72. The van der Waals surface area contributed by atoms with Crippen LogP contribution in [0.4, 0.5) is 0 Å². The summed E-state index contributed by atoms with van der Waals surface area (Å²) in [5.41, 5.74) is 0.936. The Balaban J connectivity index is 2.38. The average Bonchev–Trinajstić information content (AvgIpc) is 2.28. The molecular formula is C12H8BrClINO. The monoisotopic (exact) mass is 423 g/mol. The Morgan fingerprint density at radius 3 is 2.82 bits per heavy atom. The highest BCUT2D eigenvalue weighted by Crippen LogP contribution is 2.21. The molecule has 0 aliphatic heterocycles. The van der Waals surface area contributed by atoms with Gasteiger partial charge in [0.2, 0.25) is 0 Å². The van der Waals surface area contributed by atoms with E-state index in [0.717, 1.165) is 10.0 Å². The van der Waals surface area contributed by atoms with E-state index in [1.807, 2.05) is 46.9 Å². The van der Waals surface area contributed by atoms with Crippen LogP contribution >= 0.6 is 50.1 Å². The summed E-state index contributed by atoms with van der Waals surface area (Å²) < 4.78 is 3.29. The molecule has 0 aliphatic rings. The Kier molecular flexibility index (Phi) is 4.27. The summed E-state index contributed by atoms with van der Waals surface area (Å²) in [6.45, 7) is 0.488. The van der Waals surface area contributed by atoms with E-state index < -0.39 is 0 Å². The van der Waals surface area contributed by atoms with Gasteiger partial charge < -0.3 is 4.57 Å². The van der Waals surface area contributed by atoms with Gasteiger partial charge in [-0.15, -0.1) is 0 Å². The lowest BCUT2D eigenvalue weighted by molar-refractivity contribution is 0.754. The zero-order valence-electron chi connectivity index (χ0n) is 8.66. The van der Waals surface area contributed by atoms with Crippen LogP contribution in [0.15, 0.2) is 45.8 Å². The predicted molar refractivity (Wildman–Crippen MR) is 81.7 cm³/mol. The molecule has 0 amide bonds. The Morgan fingerprint density at radius 1 is 1.35 bits per heavy atom. The third-order valence-electron chi connectivity index (χ3n) is 2.33. The molecule has 2 nitrogen and oxygen atoms in total. The first-order valence-corrected chi connectivity index (χ1v) is 7.12. The first-order chi connectivity index (χ1) is 8.08. The van der Waals surface area contributed by atoms with E-state index in [-0.39, 0.29) is 5.56 Å². The van der Waals surface area contributed by atoms with Gasteiger partial charge in [0, 0.05) is 15.7 Å². The third-order valence-corrected chi connectivity index (χ3v) is 4.00. The number of nitrogens with zero attached hydrogens (tertiary/aromatic N) is 1.